The van der Waals surface area contributed by atoms with E-state index >= 15 is 0 Å². The second kappa shape index (κ2) is 6.86. The Balaban J connectivity index is 1.78. The molecule has 0 saturated carbocycles. The maximum atomic E-state index is 11.9. The largest absolute Gasteiger partial charge is 0.358 e. The van der Waals surface area contributed by atoms with E-state index in [0.29, 0.717) is 22.5 Å². The predicted molar refractivity (Wildman–Crippen MR) is 94.9 cm³/mol. The van der Waals surface area contributed by atoms with Crippen molar-refractivity contribution in [1.29, 1.82) is 0 Å². The molecule has 26 heavy (non-hydrogen) atoms. The number of hydrogen-bond acceptors (Lipinski definition) is 5. The van der Waals surface area contributed by atoms with E-state index in [1.54, 1.807) is 29.9 Å². The van der Waals surface area contributed by atoms with Crippen molar-refractivity contribution in [1.82, 2.24) is 25.1 Å². The molecule has 1 fully saturated rings. The number of nitrogens with one attached hydrogen (secondary N) is 1. The van der Waals surface area contributed by atoms with Gasteiger partial charge in [0.2, 0.25) is 5.91 Å². The van der Waals surface area contributed by atoms with E-state index in [0.717, 1.165) is 5.56 Å². The number of ether oxygens (including phenoxy) is 1. The number of morpholine rings is 1. The highest BCUT2D eigenvalue weighted by Crippen LogP contribution is 2.34. The van der Waals surface area contributed by atoms with Gasteiger partial charge in [0.25, 0.3) is 0 Å². The van der Waals surface area contributed by atoms with Crippen molar-refractivity contribution < 1.29 is 9.53 Å². The van der Waals surface area contributed by atoms with Crippen LogP contribution in [-0.2, 0) is 9.53 Å². The molecule has 0 aliphatic carbocycles. The van der Waals surface area contributed by atoms with Crippen molar-refractivity contribution in [2.45, 2.75) is 19.1 Å². The zero-order chi connectivity index (χ0) is 18.1. The van der Waals surface area contributed by atoms with E-state index in [1.807, 2.05) is 30.3 Å². The van der Waals surface area contributed by atoms with E-state index in [4.69, 9.17) is 16.3 Å². The Labute approximate surface area is 155 Å². The maximum absolute atomic E-state index is 11.9. The van der Waals surface area contributed by atoms with E-state index in [-0.39, 0.29) is 18.6 Å². The third kappa shape index (κ3) is 3.18. The van der Waals surface area contributed by atoms with Crippen molar-refractivity contribution in [2.75, 3.05) is 6.61 Å². The van der Waals surface area contributed by atoms with Crippen LogP contribution in [0, 0.1) is 6.92 Å². The zero-order valence-corrected chi connectivity index (χ0v) is 14.7. The first-order chi connectivity index (χ1) is 12.6. The van der Waals surface area contributed by atoms with Gasteiger partial charge in [0.1, 0.15) is 18.5 Å². The quantitative estimate of drug-likeness (QED) is 0.767. The van der Waals surface area contributed by atoms with Crippen LogP contribution in [-0.4, -0.2) is 32.3 Å². The summed E-state index contributed by atoms with van der Waals surface area (Å²) in [6.07, 6.45) is 1.06. The van der Waals surface area contributed by atoms with Gasteiger partial charge in [-0.25, -0.2) is 9.97 Å². The summed E-state index contributed by atoms with van der Waals surface area (Å²) in [5, 5.41) is 7.97. The summed E-state index contributed by atoms with van der Waals surface area (Å²) >= 11 is 5.93. The van der Waals surface area contributed by atoms with Gasteiger partial charge in [0.15, 0.2) is 11.6 Å². The minimum absolute atomic E-state index is 0.0338. The number of aryl methyl sites for hydroxylation is 1. The fourth-order valence-corrected chi connectivity index (χ4v) is 3.08. The Hall–Kier alpha value is -2.77. The molecule has 1 amide bonds. The lowest BCUT2D eigenvalue weighted by molar-refractivity contribution is -0.138. The molecule has 1 aliphatic rings. The third-order valence-electron chi connectivity index (χ3n) is 4.09. The first-order valence-corrected chi connectivity index (χ1v) is 8.51. The molecule has 7 nitrogen and oxygen atoms in total. The van der Waals surface area contributed by atoms with Crippen LogP contribution in [0.1, 0.15) is 29.4 Å². The van der Waals surface area contributed by atoms with E-state index in [9.17, 15) is 4.79 Å². The van der Waals surface area contributed by atoms with E-state index in [1.165, 1.54) is 0 Å². The Kier molecular flexibility index (Phi) is 4.40. The number of nitrogens with zero attached hydrogens (tertiary/aromatic N) is 4. The molecule has 0 radical (unpaired) electrons. The molecule has 1 aliphatic heterocycles. The number of carbonyl (C=O) groups is 1. The van der Waals surface area contributed by atoms with Crippen molar-refractivity contribution in [3.8, 4) is 5.82 Å². The van der Waals surface area contributed by atoms with Crippen LogP contribution in [0.15, 0.2) is 48.7 Å². The van der Waals surface area contributed by atoms with Crippen LogP contribution >= 0.6 is 11.6 Å². The third-order valence-corrected chi connectivity index (χ3v) is 4.32. The summed E-state index contributed by atoms with van der Waals surface area (Å²) in [4.78, 5) is 20.8. The van der Waals surface area contributed by atoms with Crippen LogP contribution < -0.4 is 5.32 Å². The lowest BCUT2D eigenvalue weighted by atomic mass is 9.99. The summed E-state index contributed by atoms with van der Waals surface area (Å²) in [6, 6.07) is 12.8. The summed E-state index contributed by atoms with van der Waals surface area (Å²) < 4.78 is 7.48. The molecule has 0 spiro atoms. The molecule has 1 saturated heterocycles. The molecule has 2 atom stereocenters. The molecule has 2 aromatic heterocycles. The molecular formula is C18H16ClN5O2. The van der Waals surface area contributed by atoms with Gasteiger partial charge >= 0.3 is 0 Å². The summed E-state index contributed by atoms with van der Waals surface area (Å²) in [7, 11) is 0. The Bertz CT molecular complexity index is 927. The highest BCUT2D eigenvalue weighted by atomic mass is 35.5. The SMILES string of the molecule is Cc1nc([C@H]2OCC(=O)N[C@@H]2c2ccccc2)n(-c2ccc(Cl)cn2)n1. The summed E-state index contributed by atoms with van der Waals surface area (Å²) in [6.45, 7) is 1.77. The number of halogens is 1. The highest BCUT2D eigenvalue weighted by Gasteiger charge is 2.36. The Morgan fingerprint density at radius 2 is 2.04 bits per heavy atom. The normalized spacial score (nSPS) is 20.0. The van der Waals surface area contributed by atoms with Gasteiger partial charge < -0.3 is 10.1 Å². The minimum Gasteiger partial charge on any atom is -0.358 e. The highest BCUT2D eigenvalue weighted by molar-refractivity contribution is 6.30. The smallest absolute Gasteiger partial charge is 0.246 e. The van der Waals surface area contributed by atoms with Gasteiger partial charge in [-0.2, -0.15) is 4.68 Å². The van der Waals surface area contributed by atoms with Crippen LogP contribution in [0.2, 0.25) is 5.02 Å². The van der Waals surface area contributed by atoms with Crippen LogP contribution in [0.4, 0.5) is 0 Å². The zero-order valence-electron chi connectivity index (χ0n) is 14.0. The van der Waals surface area contributed by atoms with Gasteiger partial charge in [-0.05, 0) is 24.6 Å². The van der Waals surface area contributed by atoms with E-state index < -0.39 is 6.10 Å². The molecule has 3 aromatic rings. The first-order valence-electron chi connectivity index (χ1n) is 8.13. The molecule has 0 bridgehead atoms. The number of hydrogen-bond donors (Lipinski definition) is 1. The Morgan fingerprint density at radius 3 is 2.77 bits per heavy atom. The number of benzene rings is 1. The lowest BCUT2D eigenvalue weighted by Crippen LogP contribution is -2.42. The maximum Gasteiger partial charge on any atom is 0.246 e. The van der Waals surface area contributed by atoms with Crippen molar-refractivity contribution in [3.63, 3.8) is 0 Å². The monoisotopic (exact) mass is 369 g/mol. The molecule has 4 rings (SSSR count). The fraction of sp³-hybridized carbons (Fsp3) is 0.222. The van der Waals surface area contributed by atoms with Crippen LogP contribution in [0.5, 0.6) is 0 Å². The number of amides is 1. The second-order valence-electron chi connectivity index (χ2n) is 5.95. The first kappa shape index (κ1) is 16.7. The lowest BCUT2D eigenvalue weighted by Gasteiger charge is -2.32. The molecule has 1 aromatic carbocycles. The van der Waals surface area contributed by atoms with Crippen molar-refractivity contribution in [2.24, 2.45) is 0 Å². The standard InChI is InChI=1S/C18H16ClN5O2/c1-11-21-18(24(23-11)14-8-7-13(19)9-20-14)17-16(22-15(25)10-26-17)12-5-3-2-4-6-12/h2-9,16-17H,10H2,1H3,(H,22,25)/t16-,17+/m1/s1. The fourth-order valence-electron chi connectivity index (χ4n) is 2.97. The van der Waals surface area contributed by atoms with Crippen LogP contribution in [0.3, 0.4) is 0 Å². The molecule has 0 unspecified atom stereocenters. The van der Waals surface area contributed by atoms with Gasteiger partial charge in [0.05, 0.1) is 11.1 Å². The van der Waals surface area contributed by atoms with Crippen molar-refractivity contribution in [3.05, 3.63) is 70.9 Å². The van der Waals surface area contributed by atoms with Gasteiger partial charge in [0, 0.05) is 6.20 Å². The number of rotatable bonds is 3. The molecule has 8 heteroatoms. The average Bonchev–Trinajstić information content (AvgIpc) is 3.04. The Morgan fingerprint density at radius 1 is 1.23 bits per heavy atom. The molecular weight excluding hydrogens is 354 g/mol. The van der Waals surface area contributed by atoms with Gasteiger partial charge in [-0.1, -0.05) is 41.9 Å². The summed E-state index contributed by atoms with van der Waals surface area (Å²) in [5.41, 5.74) is 0.932. The number of aromatic nitrogens is 4. The topological polar surface area (TPSA) is 81.9 Å². The van der Waals surface area contributed by atoms with Gasteiger partial charge in [-0.15, -0.1) is 5.10 Å². The molecule has 3 heterocycles. The molecule has 132 valence electrons. The second-order valence-corrected chi connectivity index (χ2v) is 6.39. The average molecular weight is 370 g/mol. The number of carbonyl (C=O) groups excluding carboxylic acids is 1. The van der Waals surface area contributed by atoms with Crippen molar-refractivity contribution >= 4 is 17.5 Å². The number of pyridine rings is 1. The van der Waals surface area contributed by atoms with E-state index in [2.05, 4.69) is 20.4 Å². The van der Waals surface area contributed by atoms with Gasteiger partial charge in [-0.3, -0.25) is 4.79 Å². The molecule has 1 N–H and O–H groups in total. The minimum atomic E-state index is -0.492. The summed E-state index contributed by atoms with van der Waals surface area (Å²) in [5.74, 6) is 1.58. The van der Waals surface area contributed by atoms with Crippen LogP contribution in [0.25, 0.3) is 5.82 Å². The predicted octanol–water partition coefficient (Wildman–Crippen LogP) is 2.55.